The molecule has 1 atom stereocenters. The molecule has 6 nitrogen and oxygen atoms in total. The minimum absolute atomic E-state index is 0.0286. The van der Waals surface area contributed by atoms with Crippen LogP contribution in [-0.4, -0.2) is 27.8 Å². The minimum Gasteiger partial charge on any atom is -0.497 e. The van der Waals surface area contributed by atoms with Gasteiger partial charge in [0.05, 0.1) is 13.2 Å². The Kier molecular flexibility index (Phi) is 4.42. The van der Waals surface area contributed by atoms with Crippen LogP contribution in [0.15, 0.2) is 18.2 Å². The first-order valence-electron chi connectivity index (χ1n) is 9.16. The lowest BCUT2D eigenvalue weighted by molar-refractivity contribution is 0.0917. The second-order valence-electron chi connectivity index (χ2n) is 6.89. The maximum Gasteiger partial charge on any atom is 0.289 e. The standard InChI is InChI=1S/C19H24N4O2/c1-25-14-9-10-15-13(12-14)6-5-7-16(15)20-19(24)18-22-21-17-8-3-2-4-11-23(17)18/h9-10,12,16H,2-8,11H2,1H3,(H,20,24)/t16-/m0/s1. The molecule has 2 aliphatic rings. The average Bonchev–Trinajstić information content (AvgIpc) is 2.90. The monoisotopic (exact) mass is 340 g/mol. The van der Waals surface area contributed by atoms with Gasteiger partial charge in [0.25, 0.3) is 5.91 Å². The van der Waals surface area contributed by atoms with Crippen molar-refractivity contribution in [1.82, 2.24) is 20.1 Å². The fraction of sp³-hybridized carbons (Fsp3) is 0.526. The van der Waals surface area contributed by atoms with E-state index in [0.717, 1.165) is 56.6 Å². The van der Waals surface area contributed by atoms with E-state index >= 15 is 0 Å². The molecule has 1 N–H and O–H groups in total. The molecule has 1 aromatic heterocycles. The summed E-state index contributed by atoms with van der Waals surface area (Å²) in [7, 11) is 1.68. The van der Waals surface area contributed by atoms with Gasteiger partial charge in [0.2, 0.25) is 5.82 Å². The molecule has 1 aliphatic heterocycles. The Balaban J connectivity index is 1.56. The number of hydrogen-bond acceptors (Lipinski definition) is 4. The van der Waals surface area contributed by atoms with Crippen molar-refractivity contribution < 1.29 is 9.53 Å². The SMILES string of the molecule is COc1ccc2c(c1)CCC[C@@H]2NC(=O)c1nnc2n1CCCCC2. The summed E-state index contributed by atoms with van der Waals surface area (Å²) in [6, 6.07) is 6.15. The zero-order valence-electron chi connectivity index (χ0n) is 14.6. The Morgan fingerprint density at radius 3 is 3.00 bits per heavy atom. The third kappa shape index (κ3) is 3.13. The summed E-state index contributed by atoms with van der Waals surface area (Å²) in [5, 5.41) is 11.6. The van der Waals surface area contributed by atoms with E-state index in [0.29, 0.717) is 5.82 Å². The number of fused-ring (bicyclic) bond motifs is 2. The van der Waals surface area contributed by atoms with Gasteiger partial charge < -0.3 is 14.6 Å². The number of aryl methyl sites for hydroxylation is 2. The van der Waals surface area contributed by atoms with Crippen LogP contribution in [0.1, 0.15) is 65.7 Å². The van der Waals surface area contributed by atoms with E-state index < -0.39 is 0 Å². The molecule has 0 bridgehead atoms. The summed E-state index contributed by atoms with van der Waals surface area (Å²) < 4.78 is 7.32. The smallest absolute Gasteiger partial charge is 0.289 e. The first kappa shape index (κ1) is 16.1. The predicted octanol–water partition coefficient (Wildman–Crippen LogP) is 2.82. The highest BCUT2D eigenvalue weighted by atomic mass is 16.5. The lowest BCUT2D eigenvalue weighted by Crippen LogP contribution is -2.33. The van der Waals surface area contributed by atoms with Gasteiger partial charge in [-0.2, -0.15) is 0 Å². The summed E-state index contributed by atoms with van der Waals surface area (Å²) in [5.74, 6) is 2.15. The molecule has 1 aliphatic carbocycles. The molecule has 1 amide bonds. The number of ether oxygens (including phenoxy) is 1. The molecule has 1 aromatic carbocycles. The van der Waals surface area contributed by atoms with E-state index in [4.69, 9.17) is 4.74 Å². The number of benzene rings is 1. The maximum absolute atomic E-state index is 12.8. The molecule has 2 heterocycles. The highest BCUT2D eigenvalue weighted by Crippen LogP contribution is 2.32. The van der Waals surface area contributed by atoms with Gasteiger partial charge in [0.1, 0.15) is 11.6 Å². The van der Waals surface area contributed by atoms with E-state index in [1.165, 1.54) is 17.5 Å². The number of aromatic nitrogens is 3. The van der Waals surface area contributed by atoms with Crippen molar-refractivity contribution in [3.8, 4) is 5.75 Å². The Labute approximate surface area is 147 Å². The van der Waals surface area contributed by atoms with Gasteiger partial charge in [0, 0.05) is 13.0 Å². The highest BCUT2D eigenvalue weighted by Gasteiger charge is 2.26. The van der Waals surface area contributed by atoms with E-state index in [1.54, 1.807) is 7.11 Å². The summed E-state index contributed by atoms with van der Waals surface area (Å²) in [4.78, 5) is 12.8. The fourth-order valence-corrected chi connectivity index (χ4v) is 3.94. The molecule has 0 saturated heterocycles. The van der Waals surface area contributed by atoms with E-state index in [1.807, 2.05) is 10.6 Å². The van der Waals surface area contributed by atoms with Gasteiger partial charge in [-0.25, -0.2) is 0 Å². The third-order valence-electron chi connectivity index (χ3n) is 5.28. The number of methoxy groups -OCH3 is 1. The van der Waals surface area contributed by atoms with E-state index in [2.05, 4.69) is 27.6 Å². The maximum atomic E-state index is 12.8. The van der Waals surface area contributed by atoms with Gasteiger partial charge in [-0.3, -0.25) is 4.79 Å². The molecule has 0 spiro atoms. The minimum atomic E-state index is -0.116. The molecule has 2 aromatic rings. The van der Waals surface area contributed by atoms with Crippen LogP contribution in [0.4, 0.5) is 0 Å². The van der Waals surface area contributed by atoms with Crippen LogP contribution in [0, 0.1) is 0 Å². The molecule has 0 fully saturated rings. The van der Waals surface area contributed by atoms with Gasteiger partial charge in [-0.15, -0.1) is 10.2 Å². The number of amides is 1. The molecule has 132 valence electrons. The number of carbonyl (C=O) groups is 1. The van der Waals surface area contributed by atoms with Crippen molar-refractivity contribution >= 4 is 5.91 Å². The van der Waals surface area contributed by atoms with Crippen LogP contribution in [0.5, 0.6) is 5.75 Å². The summed E-state index contributed by atoms with van der Waals surface area (Å²) >= 11 is 0. The molecule has 0 unspecified atom stereocenters. The number of nitrogens with one attached hydrogen (secondary N) is 1. The fourth-order valence-electron chi connectivity index (χ4n) is 3.94. The average molecular weight is 340 g/mol. The normalized spacial score (nSPS) is 19.5. The lowest BCUT2D eigenvalue weighted by atomic mass is 9.87. The van der Waals surface area contributed by atoms with E-state index in [-0.39, 0.29) is 11.9 Å². The molecule has 25 heavy (non-hydrogen) atoms. The molecule has 0 radical (unpaired) electrons. The van der Waals surface area contributed by atoms with Crippen LogP contribution in [0.3, 0.4) is 0 Å². The zero-order chi connectivity index (χ0) is 17.2. The summed E-state index contributed by atoms with van der Waals surface area (Å²) in [6.45, 7) is 0.837. The number of rotatable bonds is 3. The lowest BCUT2D eigenvalue weighted by Gasteiger charge is -2.26. The third-order valence-corrected chi connectivity index (χ3v) is 5.28. The Morgan fingerprint density at radius 2 is 2.12 bits per heavy atom. The number of nitrogens with zero attached hydrogens (tertiary/aromatic N) is 3. The molecule has 0 saturated carbocycles. The summed E-state index contributed by atoms with van der Waals surface area (Å²) in [5.41, 5.74) is 2.45. The quantitative estimate of drug-likeness (QED) is 0.933. The van der Waals surface area contributed by atoms with Crippen molar-refractivity contribution in [2.45, 2.75) is 57.5 Å². The van der Waals surface area contributed by atoms with Crippen molar-refractivity contribution in [2.24, 2.45) is 0 Å². The van der Waals surface area contributed by atoms with Crippen molar-refractivity contribution in [3.05, 3.63) is 41.0 Å². The van der Waals surface area contributed by atoms with Crippen LogP contribution in [0.25, 0.3) is 0 Å². The second-order valence-corrected chi connectivity index (χ2v) is 6.89. The second kappa shape index (κ2) is 6.86. The highest BCUT2D eigenvalue weighted by molar-refractivity contribution is 5.91. The topological polar surface area (TPSA) is 69.0 Å². The van der Waals surface area contributed by atoms with Crippen molar-refractivity contribution in [3.63, 3.8) is 0 Å². The molecular formula is C19H24N4O2. The van der Waals surface area contributed by atoms with Gasteiger partial charge in [-0.1, -0.05) is 12.5 Å². The Bertz CT molecular complexity index is 784. The molecular weight excluding hydrogens is 316 g/mol. The molecule has 6 heteroatoms. The number of carbonyl (C=O) groups excluding carboxylic acids is 1. The van der Waals surface area contributed by atoms with Crippen LogP contribution in [0.2, 0.25) is 0 Å². The van der Waals surface area contributed by atoms with Crippen molar-refractivity contribution in [2.75, 3.05) is 7.11 Å². The van der Waals surface area contributed by atoms with Gasteiger partial charge in [-0.05, 0) is 55.4 Å². The van der Waals surface area contributed by atoms with Crippen LogP contribution >= 0.6 is 0 Å². The van der Waals surface area contributed by atoms with Crippen molar-refractivity contribution in [1.29, 1.82) is 0 Å². The van der Waals surface area contributed by atoms with Gasteiger partial charge in [0.15, 0.2) is 0 Å². The first-order valence-corrected chi connectivity index (χ1v) is 9.16. The Hall–Kier alpha value is -2.37. The van der Waals surface area contributed by atoms with Crippen LogP contribution in [-0.2, 0) is 19.4 Å². The first-order chi connectivity index (χ1) is 12.3. The van der Waals surface area contributed by atoms with Crippen LogP contribution < -0.4 is 10.1 Å². The number of hydrogen-bond donors (Lipinski definition) is 1. The molecule has 4 rings (SSSR count). The summed E-state index contributed by atoms with van der Waals surface area (Å²) in [6.07, 6.45) is 7.33. The zero-order valence-corrected chi connectivity index (χ0v) is 14.6. The van der Waals surface area contributed by atoms with E-state index in [9.17, 15) is 4.79 Å². The predicted molar refractivity (Wildman–Crippen MR) is 93.7 cm³/mol. The van der Waals surface area contributed by atoms with Gasteiger partial charge >= 0.3 is 0 Å². The largest absolute Gasteiger partial charge is 0.497 e. The Morgan fingerprint density at radius 1 is 1.20 bits per heavy atom.